The van der Waals surface area contributed by atoms with Crippen LogP contribution in [0.5, 0.6) is 11.5 Å². The summed E-state index contributed by atoms with van der Waals surface area (Å²) in [5.41, 5.74) is 1.40. The van der Waals surface area contributed by atoms with Gasteiger partial charge in [0.2, 0.25) is 0 Å². The molecule has 0 saturated heterocycles. The molecule has 1 heterocycles. The van der Waals surface area contributed by atoms with E-state index in [1.54, 1.807) is 5.38 Å². The second kappa shape index (κ2) is 8.26. The first-order valence-electron chi connectivity index (χ1n) is 6.68. The largest absolute Gasteiger partial charge is 1.00 e. The Hall–Kier alpha value is -1.66. The van der Waals surface area contributed by atoms with Crippen molar-refractivity contribution in [3.8, 4) is 22.1 Å². The number of aromatic nitrogens is 1. The molecule has 0 atom stereocenters. The molecule has 0 bridgehead atoms. The average Bonchev–Trinajstić information content (AvgIpc) is 2.96. The monoisotopic (exact) mass is 333 g/mol. The van der Waals surface area contributed by atoms with Crippen LogP contribution < -0.4 is 39.4 Å². The number of rotatable bonds is 5. The van der Waals surface area contributed by atoms with Crippen LogP contribution in [0.15, 0.2) is 60.0 Å². The number of thiazole rings is 1. The van der Waals surface area contributed by atoms with E-state index in [0.717, 1.165) is 16.3 Å². The summed E-state index contributed by atoms with van der Waals surface area (Å²) in [6.07, 6.45) is -0.170. The number of hydrogen-bond acceptors (Lipinski definition) is 5. The number of carboxylic acids is 1. The molecule has 0 amide bonds. The van der Waals surface area contributed by atoms with Crippen molar-refractivity contribution in [1.82, 2.24) is 4.98 Å². The predicted molar refractivity (Wildman–Crippen MR) is 82.8 cm³/mol. The summed E-state index contributed by atoms with van der Waals surface area (Å²) >= 11 is 1.40. The standard InChI is InChI=1S/C17H13NO3S.Na/c19-16(20)10-13-11-22-17(18-13)12-5-4-8-15(9-12)21-14-6-2-1-3-7-14;/h1-9,11H,10H2,(H,19,20);/q;+1/p-1. The number of aliphatic carboxylic acids is 1. The summed E-state index contributed by atoms with van der Waals surface area (Å²) in [6.45, 7) is 0. The number of para-hydroxylation sites is 1. The molecule has 0 aliphatic heterocycles. The molecule has 3 aromatic rings. The number of carbonyl (C=O) groups excluding carboxylic acids is 1. The summed E-state index contributed by atoms with van der Waals surface area (Å²) < 4.78 is 5.78. The second-order valence-corrected chi connectivity index (χ2v) is 5.49. The maximum absolute atomic E-state index is 10.6. The summed E-state index contributed by atoms with van der Waals surface area (Å²) in [5.74, 6) is 0.342. The van der Waals surface area contributed by atoms with Crippen molar-refractivity contribution in [3.05, 3.63) is 65.7 Å². The Labute approximate surface area is 160 Å². The summed E-state index contributed by atoms with van der Waals surface area (Å²) in [7, 11) is 0. The molecule has 23 heavy (non-hydrogen) atoms. The van der Waals surface area contributed by atoms with E-state index < -0.39 is 5.97 Å². The molecule has 6 heteroatoms. The molecule has 0 N–H and O–H groups in total. The van der Waals surface area contributed by atoms with E-state index in [2.05, 4.69) is 4.98 Å². The van der Waals surface area contributed by atoms with Crippen molar-refractivity contribution in [2.24, 2.45) is 0 Å². The first kappa shape index (κ1) is 17.7. The van der Waals surface area contributed by atoms with E-state index in [1.807, 2.05) is 54.6 Å². The molecule has 110 valence electrons. The van der Waals surface area contributed by atoms with Gasteiger partial charge in [-0.2, -0.15) is 0 Å². The SMILES string of the molecule is O=C([O-])Cc1csc(-c2cccc(Oc3ccccc3)c2)n1.[Na+]. The maximum Gasteiger partial charge on any atom is 1.00 e. The van der Waals surface area contributed by atoms with E-state index in [-0.39, 0.29) is 36.0 Å². The number of carbonyl (C=O) groups is 1. The fourth-order valence-electron chi connectivity index (χ4n) is 1.99. The van der Waals surface area contributed by atoms with E-state index in [4.69, 9.17) is 4.74 Å². The Morgan fingerprint density at radius 2 is 1.83 bits per heavy atom. The van der Waals surface area contributed by atoms with Crippen LogP contribution in [0, 0.1) is 0 Å². The topological polar surface area (TPSA) is 62.2 Å². The van der Waals surface area contributed by atoms with Gasteiger partial charge in [0, 0.05) is 23.3 Å². The van der Waals surface area contributed by atoms with Gasteiger partial charge in [-0.3, -0.25) is 0 Å². The third-order valence-electron chi connectivity index (χ3n) is 2.94. The minimum atomic E-state index is -1.13. The van der Waals surface area contributed by atoms with Crippen LogP contribution in [0.1, 0.15) is 5.69 Å². The molecule has 0 saturated carbocycles. The van der Waals surface area contributed by atoms with Gasteiger partial charge in [0.25, 0.3) is 0 Å². The van der Waals surface area contributed by atoms with Crippen LogP contribution in [0.25, 0.3) is 10.6 Å². The fourth-order valence-corrected chi connectivity index (χ4v) is 2.80. The van der Waals surface area contributed by atoms with Gasteiger partial charge < -0.3 is 14.6 Å². The van der Waals surface area contributed by atoms with Gasteiger partial charge in [-0.15, -0.1) is 11.3 Å². The molecule has 0 aliphatic rings. The smallest absolute Gasteiger partial charge is 0.550 e. The number of hydrogen-bond donors (Lipinski definition) is 0. The summed E-state index contributed by atoms with van der Waals surface area (Å²) in [4.78, 5) is 14.9. The summed E-state index contributed by atoms with van der Waals surface area (Å²) in [5, 5.41) is 13.1. The average molecular weight is 333 g/mol. The molecule has 0 radical (unpaired) electrons. The Bertz CT molecular complexity index is 789. The number of benzene rings is 2. The minimum Gasteiger partial charge on any atom is -0.550 e. The van der Waals surface area contributed by atoms with Crippen molar-refractivity contribution < 1.29 is 44.2 Å². The van der Waals surface area contributed by atoms with Gasteiger partial charge in [-0.1, -0.05) is 30.3 Å². The molecule has 4 nitrogen and oxygen atoms in total. The zero-order valence-electron chi connectivity index (χ0n) is 12.6. The van der Waals surface area contributed by atoms with Crippen LogP contribution in [0.4, 0.5) is 0 Å². The third kappa shape index (κ3) is 4.91. The van der Waals surface area contributed by atoms with Gasteiger partial charge in [0.1, 0.15) is 16.5 Å². The zero-order chi connectivity index (χ0) is 15.4. The van der Waals surface area contributed by atoms with Crippen molar-refractivity contribution in [2.75, 3.05) is 0 Å². The molecular weight excluding hydrogens is 321 g/mol. The first-order chi connectivity index (χ1) is 10.7. The molecule has 3 rings (SSSR count). The fraction of sp³-hybridized carbons (Fsp3) is 0.0588. The molecular formula is C17H12NNaO3S. The van der Waals surface area contributed by atoms with Crippen LogP contribution >= 0.6 is 11.3 Å². The van der Waals surface area contributed by atoms with Crippen LogP contribution in [-0.2, 0) is 11.2 Å². The van der Waals surface area contributed by atoms with Gasteiger partial charge in [0.05, 0.1) is 5.69 Å². The maximum atomic E-state index is 10.6. The van der Waals surface area contributed by atoms with Crippen LogP contribution in [0.2, 0.25) is 0 Å². The predicted octanol–water partition coefficient (Wildman–Crippen LogP) is -0.101. The Morgan fingerprint density at radius 3 is 2.57 bits per heavy atom. The van der Waals surface area contributed by atoms with Gasteiger partial charge in [-0.05, 0) is 24.3 Å². The number of carboxylic acid groups (broad SMARTS) is 1. The van der Waals surface area contributed by atoms with Crippen molar-refractivity contribution in [3.63, 3.8) is 0 Å². The van der Waals surface area contributed by atoms with Crippen molar-refractivity contribution in [2.45, 2.75) is 6.42 Å². The summed E-state index contributed by atoms with van der Waals surface area (Å²) in [6, 6.07) is 17.1. The number of ether oxygens (including phenoxy) is 1. The molecule has 0 aliphatic carbocycles. The third-order valence-corrected chi connectivity index (χ3v) is 3.88. The normalized spacial score (nSPS) is 9.91. The van der Waals surface area contributed by atoms with Crippen LogP contribution in [0.3, 0.4) is 0 Å². The molecule has 2 aromatic carbocycles. The van der Waals surface area contributed by atoms with Gasteiger partial charge in [0.15, 0.2) is 0 Å². The van der Waals surface area contributed by atoms with E-state index >= 15 is 0 Å². The van der Waals surface area contributed by atoms with Crippen LogP contribution in [-0.4, -0.2) is 11.0 Å². The zero-order valence-corrected chi connectivity index (χ0v) is 15.4. The quantitative estimate of drug-likeness (QED) is 0.612. The van der Waals surface area contributed by atoms with E-state index in [1.165, 1.54) is 11.3 Å². The molecule has 0 fully saturated rings. The Kier molecular flexibility index (Phi) is 6.36. The van der Waals surface area contributed by atoms with E-state index in [9.17, 15) is 9.90 Å². The Morgan fingerprint density at radius 1 is 1.09 bits per heavy atom. The molecule has 0 unspecified atom stereocenters. The first-order valence-corrected chi connectivity index (χ1v) is 7.56. The minimum absolute atomic E-state index is 0. The molecule has 0 spiro atoms. The molecule has 1 aromatic heterocycles. The number of nitrogens with zero attached hydrogens (tertiary/aromatic N) is 1. The van der Waals surface area contributed by atoms with Gasteiger partial charge >= 0.3 is 29.6 Å². The van der Waals surface area contributed by atoms with Crippen molar-refractivity contribution >= 4 is 17.3 Å². The van der Waals surface area contributed by atoms with Crippen molar-refractivity contribution in [1.29, 1.82) is 0 Å². The van der Waals surface area contributed by atoms with Gasteiger partial charge in [-0.25, -0.2) is 4.98 Å². The van der Waals surface area contributed by atoms with E-state index in [0.29, 0.717) is 11.4 Å². The Balaban J connectivity index is 0.00000192. The second-order valence-electron chi connectivity index (χ2n) is 4.64.